The van der Waals surface area contributed by atoms with Crippen molar-refractivity contribution < 1.29 is 13.2 Å². The first-order valence-corrected chi connectivity index (χ1v) is 7.99. The van der Waals surface area contributed by atoms with Crippen molar-refractivity contribution in [2.24, 2.45) is 11.3 Å². The van der Waals surface area contributed by atoms with Crippen LogP contribution >= 0.6 is 0 Å². The number of Topliss-reactive ketones (excluding diaryl/α,β-unsaturated/α-hetero) is 1. The molecular formula is C12H22O3S. The quantitative estimate of drug-likeness (QED) is 0.747. The highest BCUT2D eigenvalue weighted by atomic mass is 32.2. The van der Waals surface area contributed by atoms with E-state index >= 15 is 0 Å². The van der Waals surface area contributed by atoms with Crippen LogP contribution in [0, 0.1) is 11.3 Å². The van der Waals surface area contributed by atoms with Crippen LogP contribution in [-0.4, -0.2) is 26.2 Å². The summed E-state index contributed by atoms with van der Waals surface area (Å²) in [4.78, 5) is 12.0. The molecule has 0 aliphatic heterocycles. The first-order chi connectivity index (χ1) is 7.22. The zero-order valence-electron chi connectivity index (χ0n) is 10.5. The molecule has 0 aromatic rings. The van der Waals surface area contributed by atoms with Crippen molar-refractivity contribution in [1.29, 1.82) is 0 Å². The van der Waals surface area contributed by atoms with Gasteiger partial charge in [-0.3, -0.25) is 4.79 Å². The molecule has 1 fully saturated rings. The van der Waals surface area contributed by atoms with Crippen molar-refractivity contribution in [1.82, 2.24) is 0 Å². The topological polar surface area (TPSA) is 51.2 Å². The second-order valence-electron chi connectivity index (χ2n) is 5.63. The monoisotopic (exact) mass is 246 g/mol. The third kappa shape index (κ3) is 3.89. The van der Waals surface area contributed by atoms with Gasteiger partial charge in [0.2, 0.25) is 0 Å². The van der Waals surface area contributed by atoms with E-state index in [9.17, 15) is 13.2 Å². The largest absolute Gasteiger partial charge is 0.299 e. The summed E-state index contributed by atoms with van der Waals surface area (Å²) in [5.74, 6) is 0.532. The minimum Gasteiger partial charge on any atom is -0.299 e. The summed E-state index contributed by atoms with van der Waals surface area (Å²) in [5, 5.41) is 0. The SMILES string of the molecule is CC1(C)CCCC1C(=O)CCCS(C)(=O)=O. The summed E-state index contributed by atoms with van der Waals surface area (Å²) >= 11 is 0. The Morgan fingerprint density at radius 2 is 2.00 bits per heavy atom. The van der Waals surface area contributed by atoms with Gasteiger partial charge >= 0.3 is 0 Å². The van der Waals surface area contributed by atoms with Crippen LogP contribution in [-0.2, 0) is 14.6 Å². The molecule has 1 rings (SSSR count). The highest BCUT2D eigenvalue weighted by Crippen LogP contribution is 2.43. The molecule has 1 atom stereocenters. The van der Waals surface area contributed by atoms with Gasteiger partial charge in [-0.25, -0.2) is 8.42 Å². The molecule has 0 saturated heterocycles. The number of hydrogen-bond donors (Lipinski definition) is 0. The first kappa shape index (κ1) is 13.7. The normalized spacial score (nSPS) is 24.6. The lowest BCUT2D eigenvalue weighted by Crippen LogP contribution is -2.26. The Morgan fingerprint density at radius 3 is 2.44 bits per heavy atom. The van der Waals surface area contributed by atoms with Crippen LogP contribution in [0.1, 0.15) is 46.0 Å². The molecule has 94 valence electrons. The maximum atomic E-state index is 12.0. The molecule has 1 aliphatic carbocycles. The number of rotatable bonds is 5. The van der Waals surface area contributed by atoms with E-state index in [4.69, 9.17) is 0 Å². The fourth-order valence-corrected chi connectivity index (χ4v) is 3.28. The highest BCUT2D eigenvalue weighted by Gasteiger charge is 2.38. The molecule has 0 N–H and O–H groups in total. The fourth-order valence-electron chi connectivity index (χ4n) is 2.61. The maximum absolute atomic E-state index is 12.0. The van der Waals surface area contributed by atoms with Crippen LogP contribution in [0.15, 0.2) is 0 Å². The van der Waals surface area contributed by atoms with Gasteiger partial charge in [0, 0.05) is 18.6 Å². The number of carbonyl (C=O) groups is 1. The molecule has 0 spiro atoms. The molecule has 0 amide bonds. The molecule has 16 heavy (non-hydrogen) atoms. The molecule has 4 heteroatoms. The summed E-state index contributed by atoms with van der Waals surface area (Å²) in [6, 6.07) is 0. The molecule has 0 radical (unpaired) electrons. The second kappa shape index (κ2) is 4.86. The smallest absolute Gasteiger partial charge is 0.147 e. The van der Waals surface area contributed by atoms with Crippen LogP contribution in [0.2, 0.25) is 0 Å². The van der Waals surface area contributed by atoms with E-state index in [1.54, 1.807) is 0 Å². The number of carbonyl (C=O) groups excluding carboxylic acids is 1. The molecule has 1 unspecified atom stereocenters. The lowest BCUT2D eigenvalue weighted by atomic mass is 9.78. The minimum absolute atomic E-state index is 0.113. The molecule has 0 bridgehead atoms. The Balaban J connectivity index is 2.42. The minimum atomic E-state index is -2.92. The van der Waals surface area contributed by atoms with Gasteiger partial charge in [-0.15, -0.1) is 0 Å². The van der Waals surface area contributed by atoms with Gasteiger partial charge in [0.25, 0.3) is 0 Å². The van der Waals surface area contributed by atoms with E-state index < -0.39 is 9.84 Å². The van der Waals surface area contributed by atoms with Crippen LogP contribution in [0.3, 0.4) is 0 Å². The Morgan fingerprint density at radius 1 is 1.38 bits per heavy atom. The van der Waals surface area contributed by atoms with Gasteiger partial charge < -0.3 is 0 Å². The van der Waals surface area contributed by atoms with Crippen molar-refractivity contribution in [2.75, 3.05) is 12.0 Å². The van der Waals surface area contributed by atoms with Gasteiger partial charge in [0.05, 0.1) is 5.75 Å². The third-order valence-corrected chi connectivity index (χ3v) is 4.61. The van der Waals surface area contributed by atoms with E-state index in [-0.39, 0.29) is 22.9 Å². The summed E-state index contributed by atoms with van der Waals surface area (Å²) in [6.07, 6.45) is 5.32. The van der Waals surface area contributed by atoms with Crippen molar-refractivity contribution in [3.8, 4) is 0 Å². The molecule has 0 aromatic heterocycles. The van der Waals surface area contributed by atoms with E-state index in [2.05, 4.69) is 13.8 Å². The second-order valence-corrected chi connectivity index (χ2v) is 7.89. The Kier molecular flexibility index (Phi) is 4.16. The Labute approximate surface area is 98.5 Å². The van der Waals surface area contributed by atoms with Crippen molar-refractivity contribution in [3.05, 3.63) is 0 Å². The van der Waals surface area contributed by atoms with Gasteiger partial charge in [-0.2, -0.15) is 0 Å². The van der Waals surface area contributed by atoms with Crippen LogP contribution < -0.4 is 0 Å². The van der Waals surface area contributed by atoms with E-state index in [1.807, 2.05) is 0 Å². The van der Waals surface area contributed by atoms with Gasteiger partial charge in [-0.1, -0.05) is 20.3 Å². The average Bonchev–Trinajstić information content (AvgIpc) is 2.42. The first-order valence-electron chi connectivity index (χ1n) is 5.93. The fraction of sp³-hybridized carbons (Fsp3) is 0.917. The Hall–Kier alpha value is -0.380. The average molecular weight is 246 g/mol. The van der Waals surface area contributed by atoms with Gasteiger partial charge in [-0.05, 0) is 24.7 Å². The standard InChI is InChI=1S/C12H22O3S/c1-12(2)8-4-6-10(12)11(13)7-5-9-16(3,14)15/h10H,4-9H2,1-3H3. The number of hydrogen-bond acceptors (Lipinski definition) is 3. The number of sulfone groups is 1. The summed E-state index contributed by atoms with van der Waals surface area (Å²) < 4.78 is 21.9. The van der Waals surface area contributed by atoms with Gasteiger partial charge in [0.1, 0.15) is 15.6 Å². The molecule has 0 heterocycles. The highest BCUT2D eigenvalue weighted by molar-refractivity contribution is 7.90. The lowest BCUT2D eigenvalue weighted by molar-refractivity contribution is -0.125. The zero-order valence-corrected chi connectivity index (χ0v) is 11.3. The maximum Gasteiger partial charge on any atom is 0.147 e. The van der Waals surface area contributed by atoms with E-state index in [0.29, 0.717) is 12.8 Å². The van der Waals surface area contributed by atoms with Crippen LogP contribution in [0.25, 0.3) is 0 Å². The predicted molar refractivity (Wildman–Crippen MR) is 65.1 cm³/mol. The molecule has 1 aliphatic rings. The van der Waals surface area contributed by atoms with E-state index in [0.717, 1.165) is 19.3 Å². The van der Waals surface area contributed by atoms with Crippen LogP contribution in [0.5, 0.6) is 0 Å². The molecule has 3 nitrogen and oxygen atoms in total. The summed E-state index contributed by atoms with van der Waals surface area (Å²) in [5.41, 5.74) is 0.113. The Bertz CT molecular complexity index is 354. The van der Waals surface area contributed by atoms with Crippen molar-refractivity contribution in [3.63, 3.8) is 0 Å². The summed E-state index contributed by atoms with van der Waals surface area (Å²) in [6.45, 7) is 4.28. The molecule has 0 aromatic carbocycles. The molecular weight excluding hydrogens is 224 g/mol. The lowest BCUT2D eigenvalue weighted by Gasteiger charge is -2.25. The zero-order chi connectivity index (χ0) is 12.4. The van der Waals surface area contributed by atoms with Crippen LogP contribution in [0.4, 0.5) is 0 Å². The van der Waals surface area contributed by atoms with Crippen molar-refractivity contribution >= 4 is 15.6 Å². The van der Waals surface area contributed by atoms with E-state index in [1.165, 1.54) is 6.26 Å². The summed E-state index contributed by atoms with van der Waals surface area (Å²) in [7, 11) is -2.92. The predicted octanol–water partition coefficient (Wildman–Crippen LogP) is 2.21. The van der Waals surface area contributed by atoms with Gasteiger partial charge in [0.15, 0.2) is 0 Å². The van der Waals surface area contributed by atoms with Crippen molar-refractivity contribution in [2.45, 2.75) is 46.0 Å². The molecule has 1 saturated carbocycles. The number of ketones is 1. The third-order valence-electron chi connectivity index (χ3n) is 3.58.